The smallest absolute Gasteiger partial charge is 0.272 e. The van der Waals surface area contributed by atoms with Gasteiger partial charge in [-0.05, 0) is 12.1 Å². The second-order valence-corrected chi connectivity index (χ2v) is 6.41. The molecule has 1 saturated heterocycles. The van der Waals surface area contributed by atoms with E-state index in [-0.39, 0.29) is 24.3 Å². The van der Waals surface area contributed by atoms with Crippen LogP contribution in [-0.4, -0.2) is 41.1 Å². The van der Waals surface area contributed by atoms with E-state index in [9.17, 15) is 18.4 Å². The summed E-state index contributed by atoms with van der Waals surface area (Å²) >= 11 is 0. The second kappa shape index (κ2) is 6.49. The van der Waals surface area contributed by atoms with Crippen LogP contribution in [0.3, 0.4) is 0 Å². The van der Waals surface area contributed by atoms with Crippen molar-refractivity contribution in [2.24, 2.45) is 0 Å². The topological polar surface area (TPSA) is 90.1 Å². The van der Waals surface area contributed by atoms with Crippen LogP contribution < -0.4 is 15.5 Å². The zero-order valence-electron chi connectivity index (χ0n) is 13.8. The van der Waals surface area contributed by atoms with E-state index in [1.165, 1.54) is 6.07 Å². The molecule has 2 aliphatic rings. The van der Waals surface area contributed by atoms with Crippen LogP contribution in [0, 0.1) is 11.6 Å². The van der Waals surface area contributed by atoms with Crippen molar-refractivity contribution < 1.29 is 18.4 Å². The molecule has 1 unspecified atom stereocenters. The highest BCUT2D eigenvalue weighted by Crippen LogP contribution is 2.27. The van der Waals surface area contributed by atoms with Gasteiger partial charge in [0.1, 0.15) is 17.3 Å². The van der Waals surface area contributed by atoms with E-state index >= 15 is 0 Å². The SMILES string of the molecule is O=C(NC1CC(=O)N(c2c(F)cccc2F)C1)c1n[nH]c2c1CNCC2. The monoisotopic (exact) mass is 361 g/mol. The lowest BCUT2D eigenvalue weighted by atomic mass is 10.1. The summed E-state index contributed by atoms with van der Waals surface area (Å²) in [7, 11) is 0. The normalized spacial score (nSPS) is 19.5. The maximum atomic E-state index is 13.9. The van der Waals surface area contributed by atoms with Gasteiger partial charge in [-0.25, -0.2) is 8.78 Å². The Balaban J connectivity index is 1.49. The number of carbonyl (C=O) groups is 2. The Bertz CT molecular complexity index is 862. The fraction of sp³-hybridized carbons (Fsp3) is 0.353. The van der Waals surface area contributed by atoms with Crippen molar-refractivity contribution in [3.8, 4) is 0 Å². The van der Waals surface area contributed by atoms with E-state index in [0.29, 0.717) is 6.54 Å². The van der Waals surface area contributed by atoms with Gasteiger partial charge in [0.05, 0.1) is 6.04 Å². The lowest BCUT2D eigenvalue weighted by Crippen LogP contribution is -2.38. The molecule has 0 radical (unpaired) electrons. The molecule has 136 valence electrons. The van der Waals surface area contributed by atoms with Crippen molar-refractivity contribution in [1.29, 1.82) is 0 Å². The molecular formula is C17H17F2N5O2. The predicted molar refractivity (Wildman–Crippen MR) is 88.6 cm³/mol. The highest BCUT2D eigenvalue weighted by molar-refractivity contribution is 5.99. The third-order valence-electron chi connectivity index (χ3n) is 4.69. The zero-order valence-corrected chi connectivity index (χ0v) is 13.8. The summed E-state index contributed by atoms with van der Waals surface area (Å²) < 4.78 is 27.9. The fourth-order valence-electron chi connectivity index (χ4n) is 3.43. The zero-order chi connectivity index (χ0) is 18.3. The van der Waals surface area contributed by atoms with Crippen molar-refractivity contribution >= 4 is 17.5 Å². The fourth-order valence-corrected chi connectivity index (χ4v) is 3.43. The minimum Gasteiger partial charge on any atom is -0.346 e. The first kappa shape index (κ1) is 16.6. The number of para-hydroxylation sites is 1. The molecule has 1 atom stereocenters. The number of amides is 2. The summed E-state index contributed by atoms with van der Waals surface area (Å²) in [5, 5.41) is 12.9. The molecule has 1 fully saturated rings. The molecule has 0 bridgehead atoms. The Labute approximate surface area is 147 Å². The first-order valence-corrected chi connectivity index (χ1v) is 8.36. The van der Waals surface area contributed by atoms with Crippen molar-refractivity contribution in [3.63, 3.8) is 0 Å². The summed E-state index contributed by atoms with van der Waals surface area (Å²) in [6.07, 6.45) is 0.738. The standard InChI is InChI=1S/C17H17F2N5O2/c18-11-2-1-3-12(19)16(11)24-8-9(6-14(24)25)21-17(26)15-10-7-20-5-4-13(10)22-23-15/h1-3,9,20H,4-8H2,(H,21,26)(H,22,23). The number of hydrogen-bond acceptors (Lipinski definition) is 4. The van der Waals surface area contributed by atoms with Gasteiger partial charge in [-0.1, -0.05) is 6.07 Å². The molecule has 3 heterocycles. The number of hydrogen-bond donors (Lipinski definition) is 3. The number of fused-ring (bicyclic) bond motifs is 1. The summed E-state index contributed by atoms with van der Waals surface area (Å²) in [6, 6.07) is 2.89. The van der Waals surface area contributed by atoms with Crippen molar-refractivity contribution in [3.05, 3.63) is 46.8 Å². The first-order valence-electron chi connectivity index (χ1n) is 8.36. The third-order valence-corrected chi connectivity index (χ3v) is 4.69. The minimum absolute atomic E-state index is 0.00723. The number of aromatic nitrogens is 2. The summed E-state index contributed by atoms with van der Waals surface area (Å²) in [6.45, 7) is 1.37. The van der Waals surface area contributed by atoms with Crippen LogP contribution in [0.4, 0.5) is 14.5 Å². The van der Waals surface area contributed by atoms with Gasteiger partial charge in [0.2, 0.25) is 5.91 Å². The maximum absolute atomic E-state index is 13.9. The van der Waals surface area contributed by atoms with Crippen LogP contribution in [0.2, 0.25) is 0 Å². The lowest BCUT2D eigenvalue weighted by molar-refractivity contribution is -0.117. The number of nitrogens with zero attached hydrogens (tertiary/aromatic N) is 2. The van der Waals surface area contributed by atoms with Gasteiger partial charge in [0.25, 0.3) is 5.91 Å². The number of nitrogens with one attached hydrogen (secondary N) is 3. The molecule has 0 saturated carbocycles. The van der Waals surface area contributed by atoms with Gasteiger partial charge >= 0.3 is 0 Å². The number of H-pyrrole nitrogens is 1. The molecule has 4 rings (SSSR count). The van der Waals surface area contributed by atoms with Crippen LogP contribution in [0.15, 0.2) is 18.2 Å². The molecule has 7 nitrogen and oxygen atoms in total. The van der Waals surface area contributed by atoms with Crippen molar-refractivity contribution in [1.82, 2.24) is 20.8 Å². The molecule has 2 aliphatic heterocycles. The second-order valence-electron chi connectivity index (χ2n) is 6.41. The molecule has 0 aliphatic carbocycles. The Hall–Kier alpha value is -2.81. The van der Waals surface area contributed by atoms with Gasteiger partial charge in [-0.15, -0.1) is 0 Å². The molecular weight excluding hydrogens is 344 g/mol. The van der Waals surface area contributed by atoms with Crippen LogP contribution in [0.25, 0.3) is 0 Å². The number of carbonyl (C=O) groups excluding carboxylic acids is 2. The summed E-state index contributed by atoms with van der Waals surface area (Å²) in [4.78, 5) is 25.8. The van der Waals surface area contributed by atoms with Gasteiger partial charge < -0.3 is 15.5 Å². The van der Waals surface area contributed by atoms with Crippen LogP contribution in [0.5, 0.6) is 0 Å². The lowest BCUT2D eigenvalue weighted by Gasteiger charge is -2.18. The van der Waals surface area contributed by atoms with Gasteiger partial charge in [-0.3, -0.25) is 14.7 Å². The highest BCUT2D eigenvalue weighted by atomic mass is 19.1. The highest BCUT2D eigenvalue weighted by Gasteiger charge is 2.35. The average Bonchev–Trinajstić information content (AvgIpc) is 3.19. The van der Waals surface area contributed by atoms with E-state index in [0.717, 1.165) is 41.3 Å². The molecule has 0 spiro atoms. The first-order chi connectivity index (χ1) is 12.5. The Kier molecular flexibility index (Phi) is 4.15. The molecule has 1 aromatic carbocycles. The summed E-state index contributed by atoms with van der Waals surface area (Å²) in [5.74, 6) is -2.46. The van der Waals surface area contributed by atoms with Crippen LogP contribution >= 0.6 is 0 Å². The average molecular weight is 361 g/mol. The number of halogens is 2. The van der Waals surface area contributed by atoms with Crippen LogP contribution in [0.1, 0.15) is 28.2 Å². The van der Waals surface area contributed by atoms with E-state index in [2.05, 4.69) is 20.8 Å². The molecule has 3 N–H and O–H groups in total. The molecule has 2 amide bonds. The minimum atomic E-state index is -0.808. The van der Waals surface area contributed by atoms with Crippen molar-refractivity contribution in [2.75, 3.05) is 18.0 Å². The largest absolute Gasteiger partial charge is 0.346 e. The van der Waals surface area contributed by atoms with E-state index in [1.807, 2.05) is 0 Å². The number of rotatable bonds is 3. The Morgan fingerprint density at radius 2 is 2.08 bits per heavy atom. The van der Waals surface area contributed by atoms with E-state index in [4.69, 9.17) is 0 Å². The van der Waals surface area contributed by atoms with Crippen LogP contribution in [-0.2, 0) is 17.8 Å². The molecule has 26 heavy (non-hydrogen) atoms. The molecule has 1 aromatic heterocycles. The molecule has 9 heteroatoms. The van der Waals surface area contributed by atoms with Gasteiger partial charge in [0.15, 0.2) is 5.69 Å². The van der Waals surface area contributed by atoms with E-state index in [1.54, 1.807) is 0 Å². The maximum Gasteiger partial charge on any atom is 0.272 e. The van der Waals surface area contributed by atoms with E-state index < -0.39 is 29.5 Å². The number of anilines is 1. The third kappa shape index (κ3) is 2.84. The quantitative estimate of drug-likeness (QED) is 0.757. The van der Waals surface area contributed by atoms with Gasteiger partial charge in [-0.2, -0.15) is 5.10 Å². The Morgan fingerprint density at radius 1 is 1.31 bits per heavy atom. The predicted octanol–water partition coefficient (Wildman–Crippen LogP) is 0.869. The molecule has 2 aromatic rings. The number of aromatic amines is 1. The Morgan fingerprint density at radius 3 is 2.85 bits per heavy atom. The number of benzene rings is 1. The van der Waals surface area contributed by atoms with Crippen molar-refractivity contribution in [2.45, 2.75) is 25.4 Å². The van der Waals surface area contributed by atoms with Gasteiger partial charge in [0, 0.05) is 43.7 Å². The summed E-state index contributed by atoms with van der Waals surface area (Å²) in [5.41, 5.74) is 1.65.